The predicted octanol–water partition coefficient (Wildman–Crippen LogP) is 3.35. The minimum atomic E-state index is 0.173. The van der Waals surface area contributed by atoms with Crippen LogP contribution in [0.15, 0.2) is 60.9 Å². The van der Waals surface area contributed by atoms with E-state index in [1.807, 2.05) is 36.5 Å². The lowest BCUT2D eigenvalue weighted by Gasteiger charge is -2.08. The first kappa shape index (κ1) is 13.6. The molecule has 0 radical (unpaired) electrons. The molecule has 0 aliphatic carbocycles. The number of pyridine rings is 1. The maximum absolute atomic E-state index is 8.89. The number of hydrogen-bond donors (Lipinski definition) is 1. The summed E-state index contributed by atoms with van der Waals surface area (Å²) < 4.78 is 5.80. The summed E-state index contributed by atoms with van der Waals surface area (Å²) in [6.45, 7) is 0.712. The molecule has 2 aromatic carbocycles. The van der Waals surface area contributed by atoms with E-state index in [-0.39, 0.29) is 6.61 Å². The molecule has 0 spiro atoms. The molecule has 0 aliphatic rings. The third kappa shape index (κ3) is 3.38. The van der Waals surface area contributed by atoms with Gasteiger partial charge in [0.1, 0.15) is 12.4 Å². The van der Waals surface area contributed by atoms with Gasteiger partial charge in [0.05, 0.1) is 0 Å². The van der Waals surface area contributed by atoms with Gasteiger partial charge >= 0.3 is 0 Å². The number of nitrogens with zero attached hydrogens (tertiary/aromatic N) is 1. The number of aromatic nitrogens is 1. The summed E-state index contributed by atoms with van der Waals surface area (Å²) in [4.78, 5) is 4.11. The first-order valence-corrected chi connectivity index (χ1v) is 7.00. The Hall–Kier alpha value is -2.39. The highest BCUT2D eigenvalue weighted by Crippen LogP contribution is 2.18. The van der Waals surface area contributed by atoms with Crippen molar-refractivity contribution in [1.82, 2.24) is 4.98 Å². The van der Waals surface area contributed by atoms with Crippen LogP contribution in [0.25, 0.3) is 10.8 Å². The molecule has 1 heterocycles. The summed E-state index contributed by atoms with van der Waals surface area (Å²) in [5.41, 5.74) is 2.25. The second-order valence-electron chi connectivity index (χ2n) is 4.96. The zero-order valence-electron chi connectivity index (χ0n) is 11.7. The fourth-order valence-corrected chi connectivity index (χ4v) is 2.27. The molecule has 0 atom stereocenters. The lowest BCUT2D eigenvalue weighted by atomic mass is 10.1. The molecule has 0 unspecified atom stereocenters. The molecule has 3 nitrogen and oxygen atoms in total. The van der Waals surface area contributed by atoms with Gasteiger partial charge in [-0.05, 0) is 47.2 Å². The maximum atomic E-state index is 8.89. The van der Waals surface area contributed by atoms with Crippen LogP contribution in [-0.2, 0) is 13.0 Å². The van der Waals surface area contributed by atoms with E-state index < -0.39 is 0 Å². The Bertz CT molecular complexity index is 723. The number of hydrogen-bond acceptors (Lipinski definition) is 3. The second-order valence-corrected chi connectivity index (χ2v) is 4.96. The highest BCUT2D eigenvalue weighted by atomic mass is 16.5. The van der Waals surface area contributed by atoms with E-state index in [1.54, 1.807) is 6.20 Å². The Labute approximate surface area is 123 Å². The van der Waals surface area contributed by atoms with Crippen molar-refractivity contribution in [3.05, 3.63) is 72.1 Å². The average molecular weight is 279 g/mol. The molecule has 106 valence electrons. The van der Waals surface area contributed by atoms with Crippen LogP contribution in [0.5, 0.6) is 5.75 Å². The normalized spacial score (nSPS) is 10.7. The van der Waals surface area contributed by atoms with Crippen molar-refractivity contribution in [1.29, 1.82) is 0 Å². The van der Waals surface area contributed by atoms with Crippen LogP contribution in [0.3, 0.4) is 0 Å². The van der Waals surface area contributed by atoms with E-state index in [1.165, 1.54) is 5.39 Å². The average Bonchev–Trinajstić information content (AvgIpc) is 2.54. The van der Waals surface area contributed by atoms with E-state index in [2.05, 4.69) is 23.2 Å². The molecule has 1 N–H and O–H groups in total. The largest absolute Gasteiger partial charge is 0.489 e. The van der Waals surface area contributed by atoms with Gasteiger partial charge in [0.25, 0.3) is 0 Å². The first-order valence-electron chi connectivity index (χ1n) is 7.00. The fraction of sp³-hybridized carbons (Fsp3) is 0.167. The van der Waals surface area contributed by atoms with Crippen LogP contribution < -0.4 is 4.74 Å². The SMILES string of the molecule is OCCc1ccc(OCc2ccc3cnccc3c2)cc1. The molecule has 0 saturated carbocycles. The van der Waals surface area contributed by atoms with Gasteiger partial charge in [-0.15, -0.1) is 0 Å². The van der Waals surface area contributed by atoms with Gasteiger partial charge in [-0.3, -0.25) is 4.98 Å². The number of ether oxygens (including phenoxy) is 1. The minimum Gasteiger partial charge on any atom is -0.489 e. The first-order chi connectivity index (χ1) is 10.3. The van der Waals surface area contributed by atoms with Gasteiger partial charge in [0.2, 0.25) is 0 Å². The van der Waals surface area contributed by atoms with Gasteiger partial charge < -0.3 is 9.84 Å². The topological polar surface area (TPSA) is 42.4 Å². The zero-order chi connectivity index (χ0) is 14.5. The number of fused-ring (bicyclic) bond motifs is 1. The second kappa shape index (κ2) is 6.37. The molecule has 1 aromatic heterocycles. The van der Waals surface area contributed by atoms with Gasteiger partial charge in [0.15, 0.2) is 0 Å². The van der Waals surface area contributed by atoms with E-state index in [9.17, 15) is 0 Å². The molecule has 3 rings (SSSR count). The minimum absolute atomic E-state index is 0.173. The van der Waals surface area contributed by atoms with E-state index in [4.69, 9.17) is 9.84 Å². The molecule has 0 amide bonds. The van der Waals surface area contributed by atoms with E-state index >= 15 is 0 Å². The van der Waals surface area contributed by atoms with Crippen molar-refractivity contribution in [2.45, 2.75) is 13.0 Å². The lowest BCUT2D eigenvalue weighted by Crippen LogP contribution is -1.96. The molecule has 3 heteroatoms. The molecule has 0 aliphatic heterocycles. The maximum Gasteiger partial charge on any atom is 0.119 e. The van der Waals surface area contributed by atoms with Crippen LogP contribution in [0.2, 0.25) is 0 Å². The van der Waals surface area contributed by atoms with Crippen molar-refractivity contribution in [3.8, 4) is 5.75 Å². The van der Waals surface area contributed by atoms with Crippen molar-refractivity contribution in [2.24, 2.45) is 0 Å². The molecule has 0 saturated heterocycles. The van der Waals surface area contributed by atoms with Crippen molar-refractivity contribution in [3.63, 3.8) is 0 Å². The smallest absolute Gasteiger partial charge is 0.119 e. The quantitative estimate of drug-likeness (QED) is 0.779. The lowest BCUT2D eigenvalue weighted by molar-refractivity contribution is 0.298. The Morgan fingerprint density at radius 2 is 1.71 bits per heavy atom. The predicted molar refractivity (Wildman–Crippen MR) is 83.3 cm³/mol. The Balaban J connectivity index is 1.68. The Kier molecular flexibility index (Phi) is 4.12. The molecule has 0 bridgehead atoms. The van der Waals surface area contributed by atoms with E-state index in [0.29, 0.717) is 13.0 Å². The summed E-state index contributed by atoms with van der Waals surface area (Å²) in [6.07, 6.45) is 4.34. The zero-order valence-corrected chi connectivity index (χ0v) is 11.7. The monoisotopic (exact) mass is 279 g/mol. The van der Waals surface area contributed by atoms with Crippen LogP contribution in [-0.4, -0.2) is 16.7 Å². The Morgan fingerprint density at radius 3 is 2.52 bits per heavy atom. The molecular weight excluding hydrogens is 262 g/mol. The van der Waals surface area contributed by atoms with Crippen molar-refractivity contribution < 1.29 is 9.84 Å². The summed E-state index contributed by atoms with van der Waals surface area (Å²) in [7, 11) is 0. The number of aliphatic hydroxyl groups is 1. The summed E-state index contributed by atoms with van der Waals surface area (Å²) in [6, 6.07) is 16.1. The highest BCUT2D eigenvalue weighted by Gasteiger charge is 1.99. The number of aliphatic hydroxyl groups excluding tert-OH is 1. The van der Waals surface area contributed by atoms with Gasteiger partial charge in [-0.2, -0.15) is 0 Å². The fourth-order valence-electron chi connectivity index (χ4n) is 2.27. The van der Waals surface area contributed by atoms with E-state index in [0.717, 1.165) is 22.3 Å². The van der Waals surface area contributed by atoms with Crippen molar-refractivity contribution in [2.75, 3.05) is 6.61 Å². The number of benzene rings is 2. The molecular formula is C18H17NO2. The Morgan fingerprint density at radius 1 is 0.905 bits per heavy atom. The van der Waals surface area contributed by atoms with Crippen molar-refractivity contribution >= 4 is 10.8 Å². The van der Waals surface area contributed by atoms with Crippen LogP contribution in [0.1, 0.15) is 11.1 Å². The summed E-state index contributed by atoms with van der Waals surface area (Å²) >= 11 is 0. The summed E-state index contributed by atoms with van der Waals surface area (Å²) in [5.74, 6) is 0.839. The highest BCUT2D eigenvalue weighted by molar-refractivity contribution is 5.81. The van der Waals surface area contributed by atoms with Gasteiger partial charge in [-0.25, -0.2) is 0 Å². The van der Waals surface area contributed by atoms with Gasteiger partial charge in [0, 0.05) is 24.4 Å². The van der Waals surface area contributed by atoms with Crippen LogP contribution >= 0.6 is 0 Å². The van der Waals surface area contributed by atoms with Crippen LogP contribution in [0, 0.1) is 0 Å². The molecule has 3 aromatic rings. The molecule has 21 heavy (non-hydrogen) atoms. The standard InChI is InChI=1S/C18H17NO2/c20-10-8-14-2-5-18(6-3-14)21-13-15-1-4-17-12-19-9-7-16(17)11-15/h1-7,9,11-12,20H,8,10,13H2. The van der Waals surface area contributed by atoms with Gasteiger partial charge in [-0.1, -0.05) is 24.3 Å². The third-order valence-electron chi connectivity index (χ3n) is 3.43. The molecule has 0 fully saturated rings. The number of rotatable bonds is 5. The van der Waals surface area contributed by atoms with Crippen LogP contribution in [0.4, 0.5) is 0 Å². The summed E-state index contributed by atoms with van der Waals surface area (Å²) in [5, 5.41) is 11.2. The third-order valence-corrected chi connectivity index (χ3v) is 3.43.